The fraction of sp³-hybridized carbons (Fsp3) is 0. The lowest BCUT2D eigenvalue weighted by Gasteiger charge is -1.95. The summed E-state index contributed by atoms with van der Waals surface area (Å²) >= 11 is 0. The van der Waals surface area contributed by atoms with Crippen molar-refractivity contribution in [2.75, 3.05) is 0 Å². The van der Waals surface area contributed by atoms with E-state index in [1.54, 1.807) is 0 Å². The van der Waals surface area contributed by atoms with E-state index in [1.165, 1.54) is 12.4 Å². The maximum Gasteiger partial charge on any atom is 0.309 e. The van der Waals surface area contributed by atoms with Gasteiger partial charge in [-0.3, -0.25) is 9.97 Å². The molecule has 1 heterocycles. The Morgan fingerprint density at radius 3 is 1.62 bits per heavy atom. The molecular formula is C9H8F2N4O. The van der Waals surface area contributed by atoms with Gasteiger partial charge in [0.1, 0.15) is 0 Å². The average Bonchev–Trinajstić information content (AvgIpc) is 2.19. The predicted molar refractivity (Wildman–Crippen MR) is 53.2 cm³/mol. The van der Waals surface area contributed by atoms with E-state index < -0.39 is 17.7 Å². The Morgan fingerprint density at radius 2 is 1.31 bits per heavy atom. The van der Waals surface area contributed by atoms with Gasteiger partial charge in [-0.05, 0) is 0 Å². The van der Waals surface area contributed by atoms with Crippen molar-refractivity contribution in [3.05, 3.63) is 36.2 Å². The summed E-state index contributed by atoms with van der Waals surface area (Å²) < 4.78 is 25.2. The normalized spacial score (nSPS) is 9.38. The molecule has 0 bridgehead atoms. The third-order valence-electron chi connectivity index (χ3n) is 1.51. The summed E-state index contributed by atoms with van der Waals surface area (Å²) in [6.45, 7) is 0. The SMILES string of the molecule is Fc1cc2nccnc2cc1F.NC(N)=O. The van der Waals surface area contributed by atoms with E-state index in [-0.39, 0.29) is 0 Å². The van der Waals surface area contributed by atoms with Crippen molar-refractivity contribution in [1.29, 1.82) is 0 Å². The van der Waals surface area contributed by atoms with Gasteiger partial charge >= 0.3 is 6.03 Å². The van der Waals surface area contributed by atoms with Crippen molar-refractivity contribution in [1.82, 2.24) is 9.97 Å². The lowest BCUT2D eigenvalue weighted by atomic mass is 10.3. The summed E-state index contributed by atoms with van der Waals surface area (Å²) in [6, 6.07) is 1.22. The van der Waals surface area contributed by atoms with Gasteiger partial charge in [0.2, 0.25) is 0 Å². The molecule has 5 nitrogen and oxygen atoms in total. The zero-order valence-corrected chi connectivity index (χ0v) is 8.02. The van der Waals surface area contributed by atoms with E-state index >= 15 is 0 Å². The van der Waals surface area contributed by atoms with Crippen LogP contribution in [0.3, 0.4) is 0 Å². The smallest absolute Gasteiger partial charge is 0.309 e. The fourth-order valence-electron chi connectivity index (χ4n) is 0.960. The first-order valence-corrected chi connectivity index (χ1v) is 4.11. The van der Waals surface area contributed by atoms with Crippen LogP contribution in [0.2, 0.25) is 0 Å². The van der Waals surface area contributed by atoms with Gasteiger partial charge in [-0.15, -0.1) is 0 Å². The molecule has 0 saturated heterocycles. The number of benzene rings is 1. The maximum absolute atomic E-state index is 12.6. The van der Waals surface area contributed by atoms with Crippen LogP contribution in [0.15, 0.2) is 24.5 Å². The topological polar surface area (TPSA) is 94.9 Å². The van der Waals surface area contributed by atoms with Crippen LogP contribution in [0.1, 0.15) is 0 Å². The fourth-order valence-corrected chi connectivity index (χ4v) is 0.960. The highest BCUT2D eigenvalue weighted by Crippen LogP contribution is 2.13. The van der Waals surface area contributed by atoms with Crippen LogP contribution in [-0.2, 0) is 0 Å². The van der Waals surface area contributed by atoms with Crippen LogP contribution in [0.25, 0.3) is 11.0 Å². The minimum Gasteiger partial charge on any atom is -0.352 e. The molecule has 0 fully saturated rings. The van der Waals surface area contributed by atoms with Crippen molar-refractivity contribution in [2.24, 2.45) is 11.5 Å². The second-order valence-corrected chi connectivity index (χ2v) is 2.71. The quantitative estimate of drug-likeness (QED) is 0.699. The number of aromatic nitrogens is 2. The van der Waals surface area contributed by atoms with Crippen molar-refractivity contribution in [2.45, 2.75) is 0 Å². The summed E-state index contributed by atoms with van der Waals surface area (Å²) in [7, 11) is 0. The number of primary amides is 2. The van der Waals surface area contributed by atoms with Gasteiger partial charge in [0.05, 0.1) is 11.0 Å². The van der Waals surface area contributed by atoms with E-state index in [4.69, 9.17) is 4.79 Å². The molecule has 0 atom stereocenters. The lowest BCUT2D eigenvalue weighted by molar-refractivity contribution is 0.256. The molecule has 0 radical (unpaired) electrons. The van der Waals surface area contributed by atoms with E-state index in [1.807, 2.05) is 0 Å². The molecule has 1 aromatic heterocycles. The van der Waals surface area contributed by atoms with Crippen LogP contribution in [0.5, 0.6) is 0 Å². The van der Waals surface area contributed by atoms with Gasteiger partial charge in [-0.25, -0.2) is 13.6 Å². The van der Waals surface area contributed by atoms with Crippen LogP contribution < -0.4 is 11.5 Å². The number of urea groups is 1. The molecular weight excluding hydrogens is 218 g/mol. The Labute approximate surface area is 89.1 Å². The molecule has 2 aromatic rings. The second-order valence-electron chi connectivity index (χ2n) is 2.71. The number of nitrogens with zero attached hydrogens (tertiary/aromatic N) is 2. The number of fused-ring (bicyclic) bond motifs is 1. The Balaban J connectivity index is 0.000000280. The zero-order valence-electron chi connectivity index (χ0n) is 8.02. The first-order valence-electron chi connectivity index (χ1n) is 4.11. The molecule has 4 N–H and O–H groups in total. The van der Waals surface area contributed by atoms with Gasteiger partial charge in [0.25, 0.3) is 0 Å². The lowest BCUT2D eigenvalue weighted by Crippen LogP contribution is -2.18. The number of halogens is 2. The highest BCUT2D eigenvalue weighted by molar-refractivity contribution is 5.73. The maximum atomic E-state index is 12.6. The van der Waals surface area contributed by atoms with Crippen molar-refractivity contribution in [3.8, 4) is 0 Å². The predicted octanol–water partition coefficient (Wildman–Crippen LogP) is 0.932. The van der Waals surface area contributed by atoms with Crippen LogP contribution in [-0.4, -0.2) is 16.0 Å². The minimum absolute atomic E-state index is 0.358. The summed E-state index contributed by atoms with van der Waals surface area (Å²) in [5, 5.41) is 0. The number of hydrogen-bond donors (Lipinski definition) is 2. The van der Waals surface area contributed by atoms with Gasteiger partial charge in [-0.2, -0.15) is 0 Å². The summed E-state index contributed by atoms with van der Waals surface area (Å²) in [5.41, 5.74) is 9.22. The van der Waals surface area contributed by atoms with E-state index in [9.17, 15) is 8.78 Å². The third kappa shape index (κ3) is 3.12. The number of rotatable bonds is 0. The van der Waals surface area contributed by atoms with Crippen LogP contribution in [0, 0.1) is 11.6 Å². The van der Waals surface area contributed by atoms with Crippen molar-refractivity contribution >= 4 is 17.1 Å². The number of hydrogen-bond acceptors (Lipinski definition) is 3. The van der Waals surface area contributed by atoms with Gasteiger partial charge in [-0.1, -0.05) is 0 Å². The molecule has 2 amide bonds. The number of carbonyl (C=O) groups excluding carboxylic acids is 1. The molecule has 16 heavy (non-hydrogen) atoms. The molecule has 0 aliphatic rings. The summed E-state index contributed by atoms with van der Waals surface area (Å²) in [5.74, 6) is -1.80. The molecule has 0 aliphatic heterocycles. The highest BCUT2D eigenvalue weighted by atomic mass is 19.2. The molecule has 0 spiro atoms. The largest absolute Gasteiger partial charge is 0.352 e. The summed E-state index contributed by atoms with van der Waals surface area (Å²) in [6.07, 6.45) is 2.86. The average molecular weight is 226 g/mol. The van der Waals surface area contributed by atoms with Crippen LogP contribution >= 0.6 is 0 Å². The zero-order chi connectivity index (χ0) is 12.1. The van der Waals surface area contributed by atoms with Crippen molar-refractivity contribution < 1.29 is 13.6 Å². The monoisotopic (exact) mass is 226 g/mol. The Bertz CT molecular complexity index is 473. The first kappa shape index (κ1) is 11.8. The van der Waals surface area contributed by atoms with E-state index in [2.05, 4.69) is 21.4 Å². The van der Waals surface area contributed by atoms with Gasteiger partial charge in [0, 0.05) is 24.5 Å². The van der Waals surface area contributed by atoms with Gasteiger partial charge in [0.15, 0.2) is 11.6 Å². The number of carbonyl (C=O) groups is 1. The van der Waals surface area contributed by atoms with Crippen molar-refractivity contribution in [3.63, 3.8) is 0 Å². The minimum atomic E-state index is -0.900. The molecule has 0 saturated carbocycles. The third-order valence-corrected chi connectivity index (χ3v) is 1.51. The molecule has 0 aliphatic carbocycles. The summed E-state index contributed by atoms with van der Waals surface area (Å²) in [4.78, 5) is 16.6. The molecule has 2 rings (SSSR count). The Hall–Kier alpha value is -2.31. The first-order chi connectivity index (χ1) is 7.50. The Morgan fingerprint density at radius 1 is 1.00 bits per heavy atom. The number of nitrogens with two attached hydrogens (primary N) is 2. The number of amides is 2. The second kappa shape index (κ2) is 4.96. The molecule has 1 aromatic carbocycles. The highest BCUT2D eigenvalue weighted by Gasteiger charge is 2.03. The van der Waals surface area contributed by atoms with Crippen LogP contribution in [0.4, 0.5) is 13.6 Å². The van der Waals surface area contributed by atoms with Gasteiger partial charge < -0.3 is 11.5 Å². The Kier molecular flexibility index (Phi) is 3.65. The standard InChI is InChI=1S/C8H4F2N2.CH4N2O/c9-5-3-7-8(4-6(5)10)12-2-1-11-7;2-1(3)4/h1-4H;(H4,2,3,4). The molecule has 84 valence electrons. The molecule has 7 heteroatoms. The van der Waals surface area contributed by atoms with E-state index in [0.717, 1.165) is 12.1 Å². The van der Waals surface area contributed by atoms with E-state index in [0.29, 0.717) is 11.0 Å². The molecule has 0 unspecified atom stereocenters.